The van der Waals surface area contributed by atoms with Crippen molar-refractivity contribution in [2.24, 2.45) is 0 Å². The van der Waals surface area contributed by atoms with E-state index in [1.54, 1.807) is 7.11 Å². The molecule has 0 aliphatic rings. The Labute approximate surface area is 86.4 Å². The molecule has 0 N–H and O–H groups in total. The number of nitrogens with zero attached hydrogens (tertiary/aromatic N) is 2. The molecule has 4 heteroatoms. The largest absolute Gasteiger partial charge is 0.382 e. The molecule has 0 saturated carbocycles. The molecule has 0 unspecified atom stereocenters. The maximum Gasteiger partial charge on any atom is 0.0868 e. The lowest BCUT2D eigenvalue weighted by Gasteiger charge is -2.22. The van der Waals surface area contributed by atoms with Crippen LogP contribution in [0.2, 0.25) is 0 Å². The van der Waals surface area contributed by atoms with Crippen molar-refractivity contribution < 1.29 is 9.47 Å². The van der Waals surface area contributed by atoms with E-state index < -0.39 is 0 Å². The molecule has 0 aliphatic heterocycles. The zero-order valence-electron chi connectivity index (χ0n) is 9.32. The van der Waals surface area contributed by atoms with E-state index in [1.165, 1.54) is 0 Å². The summed E-state index contributed by atoms with van der Waals surface area (Å²) in [5, 5.41) is 8.57. The molecule has 0 aromatic carbocycles. The number of rotatable bonds is 8. The summed E-state index contributed by atoms with van der Waals surface area (Å²) in [4.78, 5) is 2.08. The average molecular weight is 200 g/mol. The summed E-state index contributed by atoms with van der Waals surface area (Å²) >= 11 is 0. The third kappa shape index (κ3) is 6.84. The van der Waals surface area contributed by atoms with Crippen molar-refractivity contribution in [3.05, 3.63) is 0 Å². The fourth-order valence-corrected chi connectivity index (χ4v) is 1.04. The first kappa shape index (κ1) is 13.4. The number of methoxy groups -OCH3 is 1. The molecular formula is C10H20N2O2. The molecule has 0 aromatic heterocycles. The average Bonchev–Trinajstić information content (AvgIpc) is 2.15. The smallest absolute Gasteiger partial charge is 0.0868 e. The fraction of sp³-hybridized carbons (Fsp3) is 0.900. The third-order valence-corrected chi connectivity index (χ3v) is 1.96. The van der Waals surface area contributed by atoms with E-state index in [0.717, 1.165) is 6.54 Å². The predicted molar refractivity (Wildman–Crippen MR) is 55.0 cm³/mol. The second-order valence-electron chi connectivity index (χ2n) is 3.33. The van der Waals surface area contributed by atoms with Gasteiger partial charge in [0.05, 0.1) is 32.4 Å². The Hall–Kier alpha value is -0.630. The molecule has 0 aromatic rings. The van der Waals surface area contributed by atoms with Crippen LogP contribution >= 0.6 is 0 Å². The maximum absolute atomic E-state index is 8.57. The topological polar surface area (TPSA) is 45.5 Å². The van der Waals surface area contributed by atoms with Gasteiger partial charge in [0.25, 0.3) is 0 Å². The van der Waals surface area contributed by atoms with Gasteiger partial charge in [-0.15, -0.1) is 0 Å². The van der Waals surface area contributed by atoms with Gasteiger partial charge >= 0.3 is 0 Å². The van der Waals surface area contributed by atoms with Gasteiger partial charge in [0.2, 0.25) is 0 Å². The van der Waals surface area contributed by atoms with Gasteiger partial charge in [0.15, 0.2) is 0 Å². The second-order valence-corrected chi connectivity index (χ2v) is 3.33. The first-order valence-electron chi connectivity index (χ1n) is 4.90. The van der Waals surface area contributed by atoms with E-state index >= 15 is 0 Å². The van der Waals surface area contributed by atoms with Gasteiger partial charge in [0.1, 0.15) is 0 Å². The van der Waals surface area contributed by atoms with Crippen LogP contribution in [-0.2, 0) is 9.47 Å². The molecule has 0 atom stereocenters. The van der Waals surface area contributed by atoms with Gasteiger partial charge in [-0.3, -0.25) is 4.90 Å². The van der Waals surface area contributed by atoms with Gasteiger partial charge in [-0.2, -0.15) is 5.26 Å². The summed E-state index contributed by atoms with van der Waals surface area (Å²) in [6.45, 7) is 7.32. The Bertz CT molecular complexity index is 166. The van der Waals surface area contributed by atoms with Crippen LogP contribution in [0.4, 0.5) is 0 Å². The zero-order chi connectivity index (χ0) is 10.8. The molecule has 0 amide bonds. The predicted octanol–water partition coefficient (Wildman–Crippen LogP) is 0.883. The lowest BCUT2D eigenvalue weighted by molar-refractivity contribution is 0.0547. The summed E-state index contributed by atoms with van der Waals surface area (Å²) in [7, 11) is 1.65. The molecule has 0 rings (SSSR count). The van der Waals surface area contributed by atoms with Crippen LogP contribution in [-0.4, -0.2) is 51.0 Å². The van der Waals surface area contributed by atoms with E-state index in [-0.39, 0.29) is 0 Å². The zero-order valence-corrected chi connectivity index (χ0v) is 9.32. The number of nitriles is 1. The van der Waals surface area contributed by atoms with Crippen molar-refractivity contribution in [1.82, 2.24) is 4.90 Å². The molecule has 0 bridgehead atoms. The molecular weight excluding hydrogens is 180 g/mol. The van der Waals surface area contributed by atoms with Crippen LogP contribution in [0.15, 0.2) is 0 Å². The molecule has 0 saturated heterocycles. The van der Waals surface area contributed by atoms with E-state index in [2.05, 4.69) is 24.8 Å². The molecule has 0 fully saturated rings. The Morgan fingerprint density at radius 2 is 2.00 bits per heavy atom. The standard InChI is InChI=1S/C10H20N2O2/c1-10(2)12(5-4-11)6-7-14-9-8-13-3/h10H,5-9H2,1-3H3. The van der Waals surface area contributed by atoms with Crippen LogP contribution in [0.5, 0.6) is 0 Å². The summed E-state index contributed by atoms with van der Waals surface area (Å²) in [6, 6.07) is 2.54. The monoisotopic (exact) mass is 200 g/mol. The molecule has 14 heavy (non-hydrogen) atoms. The molecule has 82 valence electrons. The van der Waals surface area contributed by atoms with Gasteiger partial charge in [-0.05, 0) is 13.8 Å². The minimum atomic E-state index is 0.390. The number of hydrogen-bond acceptors (Lipinski definition) is 4. The number of hydrogen-bond donors (Lipinski definition) is 0. The molecule has 4 nitrogen and oxygen atoms in total. The summed E-state index contributed by atoms with van der Waals surface area (Å²) in [6.07, 6.45) is 0. The first-order valence-corrected chi connectivity index (χ1v) is 4.90. The van der Waals surface area contributed by atoms with E-state index in [1.807, 2.05) is 0 Å². The van der Waals surface area contributed by atoms with Crippen LogP contribution in [0.1, 0.15) is 13.8 Å². The summed E-state index contributed by atoms with van der Waals surface area (Å²) < 4.78 is 10.2. The fourth-order valence-electron chi connectivity index (χ4n) is 1.04. The molecule has 0 spiro atoms. The van der Waals surface area contributed by atoms with E-state index in [0.29, 0.717) is 32.4 Å². The van der Waals surface area contributed by atoms with Crippen molar-refractivity contribution in [2.45, 2.75) is 19.9 Å². The lowest BCUT2D eigenvalue weighted by Crippen LogP contribution is -2.34. The van der Waals surface area contributed by atoms with Crippen LogP contribution in [0.25, 0.3) is 0 Å². The lowest BCUT2D eigenvalue weighted by atomic mass is 10.3. The quantitative estimate of drug-likeness (QED) is 0.431. The van der Waals surface area contributed by atoms with Gasteiger partial charge < -0.3 is 9.47 Å². The van der Waals surface area contributed by atoms with Crippen molar-refractivity contribution in [3.8, 4) is 6.07 Å². The van der Waals surface area contributed by atoms with Crippen LogP contribution < -0.4 is 0 Å². The SMILES string of the molecule is COCCOCCN(CC#N)C(C)C. The highest BCUT2D eigenvalue weighted by atomic mass is 16.5. The van der Waals surface area contributed by atoms with Crippen molar-refractivity contribution in [1.29, 1.82) is 5.26 Å². The van der Waals surface area contributed by atoms with Crippen LogP contribution in [0.3, 0.4) is 0 Å². The van der Waals surface area contributed by atoms with E-state index in [9.17, 15) is 0 Å². The van der Waals surface area contributed by atoms with Gasteiger partial charge in [0, 0.05) is 19.7 Å². The molecule has 0 radical (unpaired) electrons. The normalized spacial score (nSPS) is 10.9. The van der Waals surface area contributed by atoms with Crippen molar-refractivity contribution >= 4 is 0 Å². The van der Waals surface area contributed by atoms with Gasteiger partial charge in [-0.1, -0.05) is 0 Å². The molecule has 0 aliphatic carbocycles. The summed E-state index contributed by atoms with van der Waals surface area (Å²) in [5.74, 6) is 0. The van der Waals surface area contributed by atoms with E-state index in [4.69, 9.17) is 14.7 Å². The maximum atomic E-state index is 8.57. The highest BCUT2D eigenvalue weighted by Crippen LogP contribution is 1.96. The highest BCUT2D eigenvalue weighted by molar-refractivity contribution is 4.78. The minimum Gasteiger partial charge on any atom is -0.382 e. The highest BCUT2D eigenvalue weighted by Gasteiger charge is 2.07. The Kier molecular flexibility index (Phi) is 8.54. The second kappa shape index (κ2) is 8.95. The van der Waals surface area contributed by atoms with Crippen LogP contribution in [0, 0.1) is 11.3 Å². The number of ether oxygens (including phenoxy) is 2. The minimum absolute atomic E-state index is 0.390. The molecule has 0 heterocycles. The summed E-state index contributed by atoms with van der Waals surface area (Å²) in [5.41, 5.74) is 0. The third-order valence-electron chi connectivity index (χ3n) is 1.96. The first-order chi connectivity index (χ1) is 6.72. The van der Waals surface area contributed by atoms with Crippen molar-refractivity contribution in [2.75, 3.05) is 40.0 Å². The Morgan fingerprint density at radius 1 is 1.29 bits per heavy atom. The Balaban J connectivity index is 3.47. The Morgan fingerprint density at radius 3 is 2.50 bits per heavy atom. The van der Waals surface area contributed by atoms with Crippen molar-refractivity contribution in [3.63, 3.8) is 0 Å². The van der Waals surface area contributed by atoms with Gasteiger partial charge in [-0.25, -0.2) is 0 Å².